The van der Waals surface area contributed by atoms with Crippen molar-refractivity contribution in [2.75, 3.05) is 13.2 Å². The Balaban J connectivity index is 1.43. The van der Waals surface area contributed by atoms with Crippen LogP contribution in [0.4, 0.5) is 13.6 Å². The van der Waals surface area contributed by atoms with Crippen molar-refractivity contribution < 1.29 is 18.7 Å². The SMILES string of the molecule is O=C(NCCCO)NC1CCC2NC(C3CCC(F)CC3)C(C3CCC(F)CC3)=NC2C1. The summed E-state index contributed by atoms with van der Waals surface area (Å²) in [4.78, 5) is 17.4. The summed E-state index contributed by atoms with van der Waals surface area (Å²) in [7, 11) is 0. The average Bonchev–Trinajstić information content (AvgIpc) is 2.79. The molecular weight excluding hydrogens is 414 g/mol. The van der Waals surface area contributed by atoms with Gasteiger partial charge in [0, 0.05) is 37.0 Å². The van der Waals surface area contributed by atoms with Gasteiger partial charge in [-0.1, -0.05) is 0 Å². The number of nitrogens with zero attached hydrogens (tertiary/aromatic N) is 1. The molecule has 3 fully saturated rings. The van der Waals surface area contributed by atoms with Gasteiger partial charge in [-0.25, -0.2) is 13.6 Å². The van der Waals surface area contributed by atoms with Crippen molar-refractivity contribution in [2.45, 2.75) is 114 Å². The maximum absolute atomic E-state index is 13.8. The maximum atomic E-state index is 13.8. The largest absolute Gasteiger partial charge is 0.396 e. The lowest BCUT2D eigenvalue weighted by atomic mass is 9.72. The van der Waals surface area contributed by atoms with Gasteiger partial charge in [0.15, 0.2) is 0 Å². The second kappa shape index (κ2) is 11.2. The van der Waals surface area contributed by atoms with Gasteiger partial charge in [0.05, 0.1) is 6.04 Å². The van der Waals surface area contributed by atoms with E-state index in [0.717, 1.165) is 44.9 Å². The van der Waals surface area contributed by atoms with E-state index in [4.69, 9.17) is 10.1 Å². The van der Waals surface area contributed by atoms with Crippen LogP contribution in [0, 0.1) is 11.8 Å². The van der Waals surface area contributed by atoms with E-state index in [0.29, 0.717) is 56.5 Å². The van der Waals surface area contributed by atoms with Crippen LogP contribution in [-0.4, -0.2) is 66.5 Å². The summed E-state index contributed by atoms with van der Waals surface area (Å²) in [6.07, 6.45) is 7.84. The van der Waals surface area contributed by atoms with Crippen LogP contribution in [0.2, 0.25) is 0 Å². The zero-order valence-corrected chi connectivity index (χ0v) is 19.1. The number of aliphatic imine (C=N–C) groups is 1. The molecule has 4 atom stereocenters. The Hall–Kier alpha value is -1.28. The van der Waals surface area contributed by atoms with Gasteiger partial charge in [-0.3, -0.25) is 4.99 Å². The summed E-state index contributed by atoms with van der Waals surface area (Å²) in [5, 5.41) is 18.6. The van der Waals surface area contributed by atoms with Crippen molar-refractivity contribution in [3.05, 3.63) is 0 Å². The van der Waals surface area contributed by atoms with E-state index >= 15 is 0 Å². The van der Waals surface area contributed by atoms with Crippen molar-refractivity contribution in [3.63, 3.8) is 0 Å². The third kappa shape index (κ3) is 5.99. The molecule has 6 nitrogen and oxygen atoms in total. The summed E-state index contributed by atoms with van der Waals surface area (Å²) >= 11 is 0. The lowest BCUT2D eigenvalue weighted by Gasteiger charge is -2.46. The van der Waals surface area contributed by atoms with E-state index in [1.807, 2.05) is 0 Å². The number of carbonyl (C=O) groups excluding carboxylic acids is 1. The number of aliphatic hydroxyl groups is 1. The number of hydrogen-bond acceptors (Lipinski definition) is 4. The predicted octanol–water partition coefficient (Wildman–Crippen LogP) is 3.43. The Morgan fingerprint density at radius 1 is 1.00 bits per heavy atom. The molecular formula is C24H40F2N4O2. The molecule has 0 aromatic rings. The fourth-order valence-electron chi connectivity index (χ4n) is 6.22. The summed E-state index contributed by atoms with van der Waals surface area (Å²) in [6, 6.07) is 0.503. The summed E-state index contributed by atoms with van der Waals surface area (Å²) < 4.78 is 27.6. The first-order valence-electron chi connectivity index (χ1n) is 12.8. The van der Waals surface area contributed by atoms with Crippen LogP contribution < -0.4 is 16.0 Å². The number of hydrogen-bond donors (Lipinski definition) is 4. The molecule has 0 radical (unpaired) electrons. The average molecular weight is 455 g/mol. The van der Waals surface area contributed by atoms with Gasteiger partial charge in [-0.2, -0.15) is 0 Å². The highest BCUT2D eigenvalue weighted by molar-refractivity contribution is 5.93. The molecule has 0 aromatic heterocycles. The molecule has 1 aliphatic heterocycles. The number of halogens is 2. The van der Waals surface area contributed by atoms with Crippen LogP contribution in [0.1, 0.15) is 77.0 Å². The predicted molar refractivity (Wildman–Crippen MR) is 122 cm³/mol. The molecule has 0 bridgehead atoms. The fourth-order valence-corrected chi connectivity index (χ4v) is 6.22. The zero-order valence-electron chi connectivity index (χ0n) is 19.1. The highest BCUT2D eigenvalue weighted by Crippen LogP contribution is 2.38. The van der Waals surface area contributed by atoms with Crippen LogP contribution in [-0.2, 0) is 0 Å². The van der Waals surface area contributed by atoms with Gasteiger partial charge < -0.3 is 21.1 Å². The molecule has 4 aliphatic rings. The van der Waals surface area contributed by atoms with Gasteiger partial charge >= 0.3 is 6.03 Å². The molecule has 182 valence electrons. The minimum absolute atomic E-state index is 0.0646. The standard InChI is InChI=1S/C24H40F2N4O2/c25-17-6-2-15(3-7-17)22-23(16-4-8-18(26)9-5-16)30-21-14-19(10-11-20(21)29-22)28-24(32)27-12-1-13-31/h15-22,29,31H,1-14H2,(H2,27,28,32). The van der Waals surface area contributed by atoms with E-state index in [1.54, 1.807) is 0 Å². The number of nitrogens with one attached hydrogen (secondary N) is 3. The Labute approximate surface area is 190 Å². The second-order valence-electron chi connectivity index (χ2n) is 10.3. The molecule has 1 heterocycles. The van der Waals surface area contributed by atoms with E-state index in [9.17, 15) is 13.6 Å². The van der Waals surface area contributed by atoms with E-state index in [2.05, 4.69) is 16.0 Å². The second-order valence-corrected chi connectivity index (χ2v) is 10.3. The first-order valence-corrected chi connectivity index (χ1v) is 12.8. The van der Waals surface area contributed by atoms with Crippen LogP contribution in [0.15, 0.2) is 4.99 Å². The number of carbonyl (C=O) groups is 1. The number of rotatable bonds is 6. The van der Waals surface area contributed by atoms with Crippen molar-refractivity contribution in [3.8, 4) is 0 Å². The van der Waals surface area contributed by atoms with Crippen LogP contribution in [0.3, 0.4) is 0 Å². The van der Waals surface area contributed by atoms with Crippen LogP contribution >= 0.6 is 0 Å². The van der Waals surface area contributed by atoms with Gasteiger partial charge in [0.25, 0.3) is 0 Å². The number of aliphatic hydroxyl groups excluding tert-OH is 1. The lowest BCUT2D eigenvalue weighted by Crippen LogP contribution is -2.61. The molecule has 32 heavy (non-hydrogen) atoms. The van der Waals surface area contributed by atoms with Crippen molar-refractivity contribution >= 4 is 11.7 Å². The normalized spacial score (nSPS) is 40.2. The van der Waals surface area contributed by atoms with E-state index in [1.165, 1.54) is 5.71 Å². The molecule has 8 heteroatoms. The monoisotopic (exact) mass is 454 g/mol. The quantitative estimate of drug-likeness (QED) is 0.464. The van der Waals surface area contributed by atoms with Gasteiger partial charge in [-0.15, -0.1) is 0 Å². The van der Waals surface area contributed by atoms with Crippen LogP contribution in [0.25, 0.3) is 0 Å². The Bertz CT molecular complexity index is 648. The molecule has 0 aromatic carbocycles. The fraction of sp³-hybridized carbons (Fsp3) is 0.917. The number of urea groups is 1. The number of alkyl halides is 2. The molecule has 4 N–H and O–H groups in total. The molecule has 4 unspecified atom stereocenters. The van der Waals surface area contributed by atoms with Gasteiger partial charge in [0.1, 0.15) is 12.3 Å². The first-order chi connectivity index (χ1) is 15.5. The number of amides is 2. The minimum Gasteiger partial charge on any atom is -0.396 e. The van der Waals surface area contributed by atoms with Gasteiger partial charge in [0.2, 0.25) is 0 Å². The molecule has 3 saturated carbocycles. The lowest BCUT2D eigenvalue weighted by molar-refractivity contribution is 0.166. The third-order valence-corrected chi connectivity index (χ3v) is 8.05. The Morgan fingerprint density at radius 3 is 2.38 bits per heavy atom. The summed E-state index contributed by atoms with van der Waals surface area (Å²) in [6.45, 7) is 0.528. The molecule has 0 spiro atoms. The first kappa shape index (κ1) is 23.9. The molecule has 0 saturated heterocycles. The molecule has 3 aliphatic carbocycles. The van der Waals surface area contributed by atoms with Crippen molar-refractivity contribution in [1.82, 2.24) is 16.0 Å². The van der Waals surface area contributed by atoms with E-state index in [-0.39, 0.29) is 30.8 Å². The van der Waals surface area contributed by atoms with Crippen molar-refractivity contribution in [2.24, 2.45) is 16.8 Å². The summed E-state index contributed by atoms with van der Waals surface area (Å²) in [5.41, 5.74) is 1.20. The van der Waals surface area contributed by atoms with Gasteiger partial charge in [-0.05, 0) is 88.9 Å². The highest BCUT2D eigenvalue weighted by Gasteiger charge is 2.43. The Morgan fingerprint density at radius 2 is 1.69 bits per heavy atom. The van der Waals surface area contributed by atoms with E-state index < -0.39 is 12.3 Å². The zero-order chi connectivity index (χ0) is 22.5. The maximum Gasteiger partial charge on any atom is 0.315 e. The topological polar surface area (TPSA) is 85.8 Å². The smallest absolute Gasteiger partial charge is 0.315 e. The minimum atomic E-state index is -0.691. The third-order valence-electron chi connectivity index (χ3n) is 8.05. The Kier molecular flexibility index (Phi) is 8.38. The van der Waals surface area contributed by atoms with Crippen LogP contribution in [0.5, 0.6) is 0 Å². The molecule has 2 amide bonds. The summed E-state index contributed by atoms with van der Waals surface area (Å²) in [5.74, 6) is 0.733. The number of fused-ring (bicyclic) bond motifs is 1. The molecule has 4 rings (SSSR count). The van der Waals surface area contributed by atoms with Crippen molar-refractivity contribution in [1.29, 1.82) is 0 Å². The highest BCUT2D eigenvalue weighted by atomic mass is 19.1.